The lowest BCUT2D eigenvalue weighted by molar-refractivity contribution is -0.118. The van der Waals surface area contributed by atoms with E-state index in [-0.39, 0.29) is 12.3 Å². The molecule has 0 radical (unpaired) electrons. The molecule has 16 heavy (non-hydrogen) atoms. The van der Waals surface area contributed by atoms with Gasteiger partial charge in [0.05, 0.1) is 11.4 Å². The predicted octanol–water partition coefficient (Wildman–Crippen LogP) is 0.554. The molecule has 1 rings (SSSR count). The normalized spacial score (nSPS) is 11.2. The van der Waals surface area contributed by atoms with Gasteiger partial charge in [-0.2, -0.15) is 5.10 Å². The average Bonchev–Trinajstić information content (AvgIpc) is 2.08. The lowest BCUT2D eigenvalue weighted by Crippen LogP contribution is -2.36. The van der Waals surface area contributed by atoms with Crippen LogP contribution < -0.4 is 11.1 Å². The van der Waals surface area contributed by atoms with Crippen molar-refractivity contribution in [2.24, 2.45) is 5.73 Å². The van der Waals surface area contributed by atoms with E-state index in [9.17, 15) is 4.79 Å². The molecule has 0 aliphatic carbocycles. The number of hydrogen-bond acceptors (Lipinski definition) is 5. The highest BCUT2D eigenvalue weighted by atomic mass is 16.1. The van der Waals surface area contributed by atoms with E-state index >= 15 is 0 Å². The molecule has 1 amide bonds. The molecule has 1 aromatic rings. The van der Waals surface area contributed by atoms with Crippen LogP contribution in [0.5, 0.6) is 0 Å². The highest BCUT2D eigenvalue weighted by Crippen LogP contribution is 2.14. The molecule has 0 atom stereocenters. The van der Waals surface area contributed by atoms with E-state index in [1.54, 1.807) is 0 Å². The molecule has 0 aliphatic heterocycles. The first-order valence-corrected chi connectivity index (χ1v) is 5.04. The van der Waals surface area contributed by atoms with Crippen LogP contribution >= 0.6 is 0 Å². The van der Waals surface area contributed by atoms with Crippen molar-refractivity contribution in [3.05, 3.63) is 11.4 Å². The van der Waals surface area contributed by atoms with Gasteiger partial charge >= 0.3 is 0 Å². The molecule has 0 bridgehead atoms. The molecule has 0 unspecified atom stereocenters. The summed E-state index contributed by atoms with van der Waals surface area (Å²) in [4.78, 5) is 15.1. The van der Waals surface area contributed by atoms with Gasteiger partial charge in [0.1, 0.15) is 0 Å². The van der Waals surface area contributed by atoms with Crippen LogP contribution in [0.1, 0.15) is 31.7 Å². The quantitative estimate of drug-likeness (QED) is 0.777. The fraction of sp³-hybridized carbons (Fsp3) is 0.600. The van der Waals surface area contributed by atoms with Crippen molar-refractivity contribution in [1.29, 1.82) is 0 Å². The number of primary amides is 1. The van der Waals surface area contributed by atoms with Crippen LogP contribution in [0.15, 0.2) is 0 Å². The van der Waals surface area contributed by atoms with Crippen molar-refractivity contribution < 1.29 is 4.79 Å². The van der Waals surface area contributed by atoms with Gasteiger partial charge in [-0.1, -0.05) is 0 Å². The molecule has 0 aliphatic rings. The zero-order valence-corrected chi connectivity index (χ0v) is 10.0. The minimum absolute atomic E-state index is 0.212. The maximum absolute atomic E-state index is 10.9. The number of anilines is 1. The molecule has 0 aromatic carbocycles. The number of nitrogens with zero attached hydrogens (tertiary/aromatic N) is 3. The Morgan fingerprint density at radius 1 is 1.31 bits per heavy atom. The molecule has 1 heterocycles. The van der Waals surface area contributed by atoms with Crippen LogP contribution in [0.2, 0.25) is 0 Å². The number of carbonyl (C=O) groups is 1. The summed E-state index contributed by atoms with van der Waals surface area (Å²) in [6.45, 7) is 7.41. The zero-order valence-electron chi connectivity index (χ0n) is 10.0. The average molecular weight is 223 g/mol. The largest absolute Gasteiger partial charge is 0.370 e. The fourth-order valence-corrected chi connectivity index (χ4v) is 1.29. The van der Waals surface area contributed by atoms with Gasteiger partial charge in [-0.05, 0) is 27.7 Å². The molecule has 3 N–H and O–H groups in total. The Labute approximate surface area is 94.7 Å². The summed E-state index contributed by atoms with van der Waals surface area (Å²) < 4.78 is 0. The van der Waals surface area contributed by atoms with E-state index in [0.717, 1.165) is 11.4 Å². The predicted molar refractivity (Wildman–Crippen MR) is 60.8 cm³/mol. The number of aromatic nitrogens is 3. The van der Waals surface area contributed by atoms with Crippen molar-refractivity contribution in [2.75, 3.05) is 5.32 Å². The minimum atomic E-state index is -0.477. The molecule has 88 valence electrons. The summed E-state index contributed by atoms with van der Waals surface area (Å²) in [7, 11) is 0. The van der Waals surface area contributed by atoms with Crippen LogP contribution in [0.25, 0.3) is 0 Å². The number of amides is 1. The van der Waals surface area contributed by atoms with E-state index in [4.69, 9.17) is 5.73 Å². The fourth-order valence-electron chi connectivity index (χ4n) is 1.29. The Bertz CT molecular complexity index is 402. The lowest BCUT2D eigenvalue weighted by Gasteiger charge is -2.24. The Hall–Kier alpha value is -1.72. The Kier molecular flexibility index (Phi) is 3.41. The van der Waals surface area contributed by atoms with Gasteiger partial charge in [0.2, 0.25) is 11.9 Å². The molecule has 0 spiro atoms. The lowest BCUT2D eigenvalue weighted by atomic mass is 10.0. The third-order valence-electron chi connectivity index (χ3n) is 2.16. The van der Waals surface area contributed by atoms with Crippen LogP contribution in [-0.2, 0) is 4.79 Å². The van der Waals surface area contributed by atoms with E-state index in [0.29, 0.717) is 5.95 Å². The molecule has 0 saturated heterocycles. The summed E-state index contributed by atoms with van der Waals surface area (Å²) in [5.41, 5.74) is 6.28. The summed E-state index contributed by atoms with van der Waals surface area (Å²) in [6.07, 6.45) is 0.212. The number of nitrogens with two attached hydrogens (primary N) is 1. The number of carbonyl (C=O) groups excluding carboxylic acids is 1. The van der Waals surface area contributed by atoms with Crippen LogP contribution in [0.4, 0.5) is 5.95 Å². The maximum atomic E-state index is 10.9. The molecular formula is C10H17N5O. The first-order valence-electron chi connectivity index (χ1n) is 5.04. The van der Waals surface area contributed by atoms with Crippen molar-refractivity contribution in [3.63, 3.8) is 0 Å². The van der Waals surface area contributed by atoms with Gasteiger partial charge in [-0.15, -0.1) is 5.10 Å². The van der Waals surface area contributed by atoms with Crippen molar-refractivity contribution in [2.45, 2.75) is 39.7 Å². The molecule has 6 heteroatoms. The van der Waals surface area contributed by atoms with E-state index in [1.807, 2.05) is 27.7 Å². The standard InChI is InChI=1S/C10H17N5O/c1-6-7(2)14-15-9(12-6)13-10(3,4)5-8(11)16/h5H2,1-4H3,(H2,11,16)(H,12,13,15). The summed E-state index contributed by atoms with van der Waals surface area (Å²) in [6, 6.07) is 0. The number of nitrogens with one attached hydrogen (secondary N) is 1. The first kappa shape index (κ1) is 12.4. The second kappa shape index (κ2) is 4.42. The number of aryl methyl sites for hydroxylation is 2. The van der Waals surface area contributed by atoms with E-state index in [1.165, 1.54) is 0 Å². The molecular weight excluding hydrogens is 206 g/mol. The third kappa shape index (κ3) is 3.45. The monoisotopic (exact) mass is 223 g/mol. The summed E-state index contributed by atoms with van der Waals surface area (Å²) in [5, 5.41) is 10.9. The van der Waals surface area contributed by atoms with Crippen molar-refractivity contribution in [3.8, 4) is 0 Å². The maximum Gasteiger partial charge on any atom is 0.243 e. The molecule has 6 nitrogen and oxygen atoms in total. The highest BCUT2D eigenvalue weighted by Gasteiger charge is 2.21. The molecule has 1 aromatic heterocycles. The van der Waals surface area contributed by atoms with Gasteiger partial charge in [-0.25, -0.2) is 4.98 Å². The van der Waals surface area contributed by atoms with Crippen molar-refractivity contribution in [1.82, 2.24) is 15.2 Å². The summed E-state index contributed by atoms with van der Waals surface area (Å²) >= 11 is 0. The number of hydrogen-bond donors (Lipinski definition) is 2. The van der Waals surface area contributed by atoms with Crippen LogP contribution in [-0.4, -0.2) is 26.6 Å². The minimum Gasteiger partial charge on any atom is -0.370 e. The third-order valence-corrected chi connectivity index (χ3v) is 2.16. The van der Waals surface area contributed by atoms with Gasteiger partial charge in [0, 0.05) is 12.0 Å². The second-order valence-electron chi connectivity index (χ2n) is 4.46. The first-order chi connectivity index (χ1) is 7.30. The number of rotatable bonds is 4. The Morgan fingerprint density at radius 2 is 1.94 bits per heavy atom. The van der Waals surface area contributed by atoms with E-state index in [2.05, 4.69) is 20.5 Å². The van der Waals surface area contributed by atoms with Gasteiger partial charge in [-0.3, -0.25) is 4.79 Å². The van der Waals surface area contributed by atoms with Crippen LogP contribution in [0, 0.1) is 13.8 Å². The zero-order chi connectivity index (χ0) is 12.3. The van der Waals surface area contributed by atoms with Gasteiger partial charge in [0.25, 0.3) is 0 Å². The topological polar surface area (TPSA) is 93.8 Å². The Morgan fingerprint density at radius 3 is 2.44 bits per heavy atom. The SMILES string of the molecule is Cc1nnc(NC(C)(C)CC(N)=O)nc1C. The van der Waals surface area contributed by atoms with Gasteiger partial charge < -0.3 is 11.1 Å². The van der Waals surface area contributed by atoms with E-state index < -0.39 is 5.54 Å². The van der Waals surface area contributed by atoms with Crippen LogP contribution in [0.3, 0.4) is 0 Å². The highest BCUT2D eigenvalue weighted by molar-refractivity contribution is 5.75. The summed E-state index contributed by atoms with van der Waals surface area (Å²) in [5.74, 6) is 0.0450. The Balaban J connectivity index is 2.79. The molecule has 0 saturated carbocycles. The van der Waals surface area contributed by atoms with Gasteiger partial charge in [0.15, 0.2) is 0 Å². The molecule has 0 fully saturated rings. The second-order valence-corrected chi connectivity index (χ2v) is 4.46. The smallest absolute Gasteiger partial charge is 0.243 e. The van der Waals surface area contributed by atoms with Crippen molar-refractivity contribution >= 4 is 11.9 Å².